The third-order valence-corrected chi connectivity index (χ3v) is 3.37. The van der Waals surface area contributed by atoms with Gasteiger partial charge in [-0.15, -0.1) is 0 Å². The Morgan fingerprint density at radius 2 is 1.84 bits per heavy atom. The Hall–Kier alpha value is -1.06. The van der Waals surface area contributed by atoms with Crippen LogP contribution >= 0.6 is 0 Å². The standard InChI is InChI=1S/C15H28O4/c1-5-15(4,11-7-8-12(2)3)19-14(18)10-6-9-13(16)17/h12H,5-11H2,1-4H3,(H,16,17). The van der Waals surface area contributed by atoms with Gasteiger partial charge in [-0.3, -0.25) is 9.59 Å². The third-order valence-electron chi connectivity index (χ3n) is 3.37. The number of esters is 1. The van der Waals surface area contributed by atoms with Gasteiger partial charge in [-0.2, -0.15) is 0 Å². The van der Waals surface area contributed by atoms with E-state index in [4.69, 9.17) is 9.84 Å². The van der Waals surface area contributed by atoms with Gasteiger partial charge in [-0.05, 0) is 38.5 Å². The number of carboxylic acid groups (broad SMARTS) is 1. The molecule has 1 N–H and O–H groups in total. The summed E-state index contributed by atoms with van der Waals surface area (Å²) in [5, 5.41) is 8.52. The number of carbonyl (C=O) groups excluding carboxylic acids is 1. The molecule has 1 atom stereocenters. The van der Waals surface area contributed by atoms with Crippen LogP contribution in [0, 0.1) is 5.92 Å². The molecule has 0 fully saturated rings. The number of carboxylic acids is 1. The summed E-state index contributed by atoms with van der Waals surface area (Å²) in [6.45, 7) is 8.34. The van der Waals surface area contributed by atoms with E-state index in [1.165, 1.54) is 0 Å². The minimum Gasteiger partial charge on any atom is -0.481 e. The van der Waals surface area contributed by atoms with E-state index in [-0.39, 0.29) is 18.8 Å². The molecule has 0 amide bonds. The van der Waals surface area contributed by atoms with Gasteiger partial charge in [0, 0.05) is 12.8 Å². The molecule has 0 heterocycles. The number of carbonyl (C=O) groups is 2. The molecule has 0 bridgehead atoms. The van der Waals surface area contributed by atoms with Gasteiger partial charge in [0.2, 0.25) is 0 Å². The molecule has 19 heavy (non-hydrogen) atoms. The Balaban J connectivity index is 4.06. The second-order valence-corrected chi connectivity index (χ2v) is 5.81. The molecule has 0 aromatic heterocycles. The number of hydrogen-bond acceptors (Lipinski definition) is 3. The summed E-state index contributed by atoms with van der Waals surface area (Å²) < 4.78 is 5.52. The lowest BCUT2D eigenvalue weighted by atomic mass is 9.93. The minimum atomic E-state index is -0.872. The molecule has 0 aliphatic carbocycles. The molecule has 0 radical (unpaired) electrons. The van der Waals surface area contributed by atoms with Crippen LogP contribution in [0.15, 0.2) is 0 Å². The molecular formula is C15H28O4. The average molecular weight is 272 g/mol. The van der Waals surface area contributed by atoms with E-state index in [9.17, 15) is 9.59 Å². The second-order valence-electron chi connectivity index (χ2n) is 5.81. The third kappa shape index (κ3) is 9.51. The van der Waals surface area contributed by atoms with Gasteiger partial charge >= 0.3 is 11.9 Å². The molecule has 0 aromatic rings. The largest absolute Gasteiger partial charge is 0.481 e. The molecule has 4 nitrogen and oxygen atoms in total. The first kappa shape index (κ1) is 17.9. The van der Waals surface area contributed by atoms with Crippen molar-refractivity contribution in [3.8, 4) is 0 Å². The van der Waals surface area contributed by atoms with Crippen LogP contribution in [0.2, 0.25) is 0 Å². The SMILES string of the molecule is CCC(C)(CCCC(C)C)OC(=O)CCCC(=O)O. The van der Waals surface area contributed by atoms with Crippen LogP contribution in [0.1, 0.15) is 72.6 Å². The van der Waals surface area contributed by atoms with Gasteiger partial charge < -0.3 is 9.84 Å². The van der Waals surface area contributed by atoms with Crippen LogP contribution in [-0.4, -0.2) is 22.6 Å². The average Bonchev–Trinajstić information content (AvgIpc) is 2.27. The zero-order valence-corrected chi connectivity index (χ0v) is 12.7. The highest BCUT2D eigenvalue weighted by Crippen LogP contribution is 2.24. The molecule has 0 aliphatic rings. The van der Waals surface area contributed by atoms with E-state index in [0.717, 1.165) is 25.7 Å². The monoisotopic (exact) mass is 272 g/mol. The molecule has 0 spiro atoms. The second kappa shape index (κ2) is 8.94. The van der Waals surface area contributed by atoms with Crippen molar-refractivity contribution >= 4 is 11.9 Å². The summed E-state index contributed by atoms with van der Waals surface area (Å²) in [6, 6.07) is 0. The summed E-state index contributed by atoms with van der Waals surface area (Å²) in [4.78, 5) is 22.1. The Kier molecular flexibility index (Phi) is 8.44. The zero-order chi connectivity index (χ0) is 14.9. The van der Waals surface area contributed by atoms with Crippen molar-refractivity contribution in [1.29, 1.82) is 0 Å². The fraction of sp³-hybridized carbons (Fsp3) is 0.867. The van der Waals surface area contributed by atoms with Crippen LogP contribution < -0.4 is 0 Å². The van der Waals surface area contributed by atoms with Crippen molar-refractivity contribution in [3.63, 3.8) is 0 Å². The van der Waals surface area contributed by atoms with Gasteiger partial charge in [0.1, 0.15) is 5.60 Å². The van der Waals surface area contributed by atoms with E-state index in [0.29, 0.717) is 12.3 Å². The first-order chi connectivity index (χ1) is 8.79. The minimum absolute atomic E-state index is 0.0191. The van der Waals surface area contributed by atoms with Crippen LogP contribution in [0.4, 0.5) is 0 Å². The summed E-state index contributed by atoms with van der Waals surface area (Å²) >= 11 is 0. The number of rotatable bonds is 10. The van der Waals surface area contributed by atoms with Crippen LogP contribution in [0.5, 0.6) is 0 Å². The topological polar surface area (TPSA) is 63.6 Å². The lowest BCUT2D eigenvalue weighted by Crippen LogP contribution is -2.31. The highest BCUT2D eigenvalue weighted by molar-refractivity contribution is 5.71. The quantitative estimate of drug-likeness (QED) is 0.615. The van der Waals surface area contributed by atoms with Crippen molar-refractivity contribution < 1.29 is 19.4 Å². The molecule has 4 heteroatoms. The highest BCUT2D eigenvalue weighted by atomic mass is 16.6. The fourth-order valence-corrected chi connectivity index (χ4v) is 1.89. The van der Waals surface area contributed by atoms with Gasteiger partial charge in [0.05, 0.1) is 0 Å². The lowest BCUT2D eigenvalue weighted by molar-refractivity contribution is -0.159. The van der Waals surface area contributed by atoms with E-state index < -0.39 is 11.6 Å². The first-order valence-corrected chi connectivity index (χ1v) is 7.22. The van der Waals surface area contributed by atoms with Crippen molar-refractivity contribution in [1.82, 2.24) is 0 Å². The molecule has 0 saturated heterocycles. The maximum absolute atomic E-state index is 11.7. The normalized spacial score (nSPS) is 14.2. The number of aliphatic carboxylic acids is 1. The summed E-state index contributed by atoms with van der Waals surface area (Å²) in [7, 11) is 0. The first-order valence-electron chi connectivity index (χ1n) is 7.22. The van der Waals surface area contributed by atoms with E-state index in [1.54, 1.807) is 0 Å². The number of hydrogen-bond donors (Lipinski definition) is 1. The van der Waals surface area contributed by atoms with E-state index >= 15 is 0 Å². The van der Waals surface area contributed by atoms with Crippen LogP contribution in [-0.2, 0) is 14.3 Å². The molecule has 0 aromatic carbocycles. The highest BCUT2D eigenvalue weighted by Gasteiger charge is 2.26. The lowest BCUT2D eigenvalue weighted by Gasteiger charge is -2.28. The van der Waals surface area contributed by atoms with Crippen LogP contribution in [0.3, 0.4) is 0 Å². The predicted molar refractivity (Wildman–Crippen MR) is 75.0 cm³/mol. The van der Waals surface area contributed by atoms with Crippen molar-refractivity contribution in [3.05, 3.63) is 0 Å². The van der Waals surface area contributed by atoms with Crippen molar-refractivity contribution in [2.45, 2.75) is 78.2 Å². The van der Waals surface area contributed by atoms with Gasteiger partial charge in [0.25, 0.3) is 0 Å². The number of ether oxygens (including phenoxy) is 1. The van der Waals surface area contributed by atoms with Gasteiger partial charge in [-0.25, -0.2) is 0 Å². The van der Waals surface area contributed by atoms with Crippen molar-refractivity contribution in [2.75, 3.05) is 0 Å². The van der Waals surface area contributed by atoms with E-state index in [2.05, 4.69) is 13.8 Å². The Morgan fingerprint density at radius 3 is 2.32 bits per heavy atom. The maximum Gasteiger partial charge on any atom is 0.306 e. The summed E-state index contributed by atoms with van der Waals surface area (Å²) in [5.41, 5.74) is -0.408. The van der Waals surface area contributed by atoms with Crippen LogP contribution in [0.25, 0.3) is 0 Å². The molecular weight excluding hydrogens is 244 g/mol. The molecule has 1 unspecified atom stereocenters. The molecule has 0 saturated carbocycles. The molecule has 0 aliphatic heterocycles. The predicted octanol–water partition coefficient (Wildman–Crippen LogP) is 3.78. The smallest absolute Gasteiger partial charge is 0.306 e. The zero-order valence-electron chi connectivity index (χ0n) is 12.7. The maximum atomic E-state index is 11.7. The Bertz CT molecular complexity index is 286. The Labute approximate surface area is 116 Å². The Morgan fingerprint density at radius 1 is 1.21 bits per heavy atom. The van der Waals surface area contributed by atoms with Gasteiger partial charge in [-0.1, -0.05) is 27.2 Å². The van der Waals surface area contributed by atoms with E-state index in [1.807, 2.05) is 13.8 Å². The van der Waals surface area contributed by atoms with Gasteiger partial charge in [0.15, 0.2) is 0 Å². The summed E-state index contributed by atoms with van der Waals surface area (Å²) in [5.74, 6) is -0.495. The van der Waals surface area contributed by atoms with Crippen molar-refractivity contribution in [2.24, 2.45) is 5.92 Å². The molecule has 112 valence electrons. The molecule has 0 rings (SSSR count). The summed E-state index contributed by atoms with van der Waals surface area (Å²) in [6.07, 6.45) is 4.38. The fourth-order valence-electron chi connectivity index (χ4n) is 1.89.